The van der Waals surface area contributed by atoms with E-state index in [2.05, 4.69) is 11.4 Å². The number of amides is 2. The lowest BCUT2D eigenvalue weighted by molar-refractivity contribution is -0.141. The molecule has 3 rings (SSSR count). The number of carbonyl (C=O) groups excluding carboxylic acids is 2. The topological polar surface area (TPSA) is 49.4 Å². The van der Waals surface area contributed by atoms with Gasteiger partial charge in [0.1, 0.15) is 6.04 Å². The van der Waals surface area contributed by atoms with Gasteiger partial charge in [-0.15, -0.1) is 0 Å². The summed E-state index contributed by atoms with van der Waals surface area (Å²) in [6, 6.07) is 27.1. The van der Waals surface area contributed by atoms with Crippen LogP contribution in [0.3, 0.4) is 0 Å². The van der Waals surface area contributed by atoms with Crippen molar-refractivity contribution < 1.29 is 9.59 Å². The fraction of sp³-hybridized carbons (Fsp3) is 0.286. The number of hydrogen-bond donors (Lipinski definition) is 1. The minimum absolute atomic E-state index is 0.00850. The van der Waals surface area contributed by atoms with Crippen molar-refractivity contribution in [1.29, 1.82) is 0 Å². The molecule has 0 aliphatic carbocycles. The summed E-state index contributed by atoms with van der Waals surface area (Å²) < 4.78 is 0. The number of aryl methyl sites for hydroxylation is 1. The van der Waals surface area contributed by atoms with E-state index in [-0.39, 0.29) is 24.3 Å². The van der Waals surface area contributed by atoms with Gasteiger partial charge in [0.05, 0.1) is 6.42 Å². The molecule has 32 heavy (non-hydrogen) atoms. The van der Waals surface area contributed by atoms with Crippen LogP contribution in [0.1, 0.15) is 36.1 Å². The van der Waals surface area contributed by atoms with Gasteiger partial charge in [0.2, 0.25) is 11.8 Å². The van der Waals surface area contributed by atoms with E-state index in [0.29, 0.717) is 13.0 Å². The molecule has 1 N–H and O–H groups in total. The van der Waals surface area contributed by atoms with Crippen LogP contribution in [0.4, 0.5) is 0 Å². The Bertz CT molecular complexity index is 1020. The molecule has 0 heterocycles. The molecule has 3 aromatic carbocycles. The maximum absolute atomic E-state index is 13.6. The molecule has 3 aromatic rings. The van der Waals surface area contributed by atoms with Crippen LogP contribution < -0.4 is 5.32 Å². The van der Waals surface area contributed by atoms with Crippen molar-refractivity contribution in [3.05, 3.63) is 107 Å². The number of carbonyl (C=O) groups is 2. The SMILES string of the molecule is Cc1cccc(CN(C(=O)Cc2ccccc2)[C@H](Cc2ccccc2)C(=O)NC(C)C)c1. The van der Waals surface area contributed by atoms with Crippen molar-refractivity contribution >= 4 is 11.8 Å². The van der Waals surface area contributed by atoms with E-state index in [1.165, 1.54) is 0 Å². The first-order valence-corrected chi connectivity index (χ1v) is 11.2. The summed E-state index contributed by atoms with van der Waals surface area (Å²) in [4.78, 5) is 28.6. The summed E-state index contributed by atoms with van der Waals surface area (Å²) in [5.41, 5.74) is 4.11. The Hall–Kier alpha value is -3.40. The summed E-state index contributed by atoms with van der Waals surface area (Å²) >= 11 is 0. The van der Waals surface area contributed by atoms with Gasteiger partial charge in [0.15, 0.2) is 0 Å². The average Bonchev–Trinajstić information content (AvgIpc) is 2.77. The standard InChI is InChI=1S/C28H32N2O2/c1-21(2)29-28(32)26(18-23-12-6-4-7-13-23)30(20-25-16-10-11-22(3)17-25)27(31)19-24-14-8-5-9-15-24/h4-17,21,26H,18-20H2,1-3H3,(H,29,32)/t26-/m1/s1. The highest BCUT2D eigenvalue weighted by Crippen LogP contribution is 2.17. The Balaban J connectivity index is 1.96. The van der Waals surface area contributed by atoms with E-state index in [4.69, 9.17) is 0 Å². The Morgan fingerprint density at radius 2 is 1.41 bits per heavy atom. The van der Waals surface area contributed by atoms with Gasteiger partial charge in [0, 0.05) is 19.0 Å². The third-order valence-electron chi connectivity index (χ3n) is 5.34. The van der Waals surface area contributed by atoms with Crippen LogP contribution in [0.15, 0.2) is 84.9 Å². The quantitative estimate of drug-likeness (QED) is 0.537. The molecule has 0 bridgehead atoms. The van der Waals surface area contributed by atoms with E-state index in [1.54, 1.807) is 4.90 Å². The molecule has 0 aliphatic heterocycles. The van der Waals surface area contributed by atoms with Crippen molar-refractivity contribution in [3.8, 4) is 0 Å². The van der Waals surface area contributed by atoms with Gasteiger partial charge in [-0.25, -0.2) is 0 Å². The average molecular weight is 429 g/mol. The van der Waals surface area contributed by atoms with E-state index in [0.717, 1.165) is 22.3 Å². The Morgan fingerprint density at radius 1 is 0.812 bits per heavy atom. The van der Waals surface area contributed by atoms with Crippen molar-refractivity contribution in [2.24, 2.45) is 0 Å². The lowest BCUT2D eigenvalue weighted by Gasteiger charge is -2.32. The lowest BCUT2D eigenvalue weighted by atomic mass is 10.0. The van der Waals surface area contributed by atoms with Gasteiger partial charge in [-0.05, 0) is 37.5 Å². The second-order valence-corrected chi connectivity index (χ2v) is 8.54. The van der Waals surface area contributed by atoms with E-state index in [1.807, 2.05) is 99.6 Å². The monoisotopic (exact) mass is 428 g/mol. The molecule has 0 radical (unpaired) electrons. The summed E-state index contributed by atoms with van der Waals surface area (Å²) in [6.07, 6.45) is 0.721. The van der Waals surface area contributed by atoms with Crippen LogP contribution in [0.5, 0.6) is 0 Å². The fourth-order valence-electron chi connectivity index (χ4n) is 3.81. The number of nitrogens with one attached hydrogen (secondary N) is 1. The van der Waals surface area contributed by atoms with Gasteiger partial charge < -0.3 is 10.2 Å². The third kappa shape index (κ3) is 6.81. The van der Waals surface area contributed by atoms with E-state index < -0.39 is 6.04 Å². The lowest BCUT2D eigenvalue weighted by Crippen LogP contribution is -2.52. The normalized spacial score (nSPS) is 11.8. The predicted molar refractivity (Wildman–Crippen MR) is 129 cm³/mol. The van der Waals surface area contributed by atoms with Gasteiger partial charge in [0.25, 0.3) is 0 Å². The second-order valence-electron chi connectivity index (χ2n) is 8.54. The van der Waals surface area contributed by atoms with Crippen LogP contribution in [0.25, 0.3) is 0 Å². The summed E-state index contributed by atoms with van der Waals surface area (Å²) in [5, 5.41) is 3.03. The molecule has 0 fully saturated rings. The van der Waals surface area contributed by atoms with E-state index in [9.17, 15) is 9.59 Å². The first-order valence-electron chi connectivity index (χ1n) is 11.2. The molecule has 166 valence electrons. The number of benzene rings is 3. The number of nitrogens with zero attached hydrogens (tertiary/aromatic N) is 1. The minimum Gasteiger partial charge on any atom is -0.352 e. The highest BCUT2D eigenvalue weighted by Gasteiger charge is 2.30. The van der Waals surface area contributed by atoms with Crippen molar-refractivity contribution in [2.75, 3.05) is 0 Å². The maximum Gasteiger partial charge on any atom is 0.243 e. The predicted octanol–water partition coefficient (Wildman–Crippen LogP) is 4.70. The molecule has 2 amide bonds. The fourth-order valence-corrected chi connectivity index (χ4v) is 3.81. The summed E-state index contributed by atoms with van der Waals surface area (Å²) in [5.74, 6) is -0.185. The Morgan fingerprint density at radius 3 is 2.00 bits per heavy atom. The zero-order valence-corrected chi connectivity index (χ0v) is 19.1. The molecule has 0 saturated heterocycles. The van der Waals surface area contributed by atoms with Crippen molar-refractivity contribution in [3.63, 3.8) is 0 Å². The second kappa shape index (κ2) is 11.3. The van der Waals surface area contributed by atoms with Crippen LogP contribution in [0.2, 0.25) is 0 Å². The summed E-state index contributed by atoms with van der Waals surface area (Å²) in [7, 11) is 0. The van der Waals surface area contributed by atoms with E-state index >= 15 is 0 Å². The highest BCUT2D eigenvalue weighted by molar-refractivity contribution is 5.89. The molecule has 4 heteroatoms. The largest absolute Gasteiger partial charge is 0.352 e. The van der Waals surface area contributed by atoms with Gasteiger partial charge >= 0.3 is 0 Å². The zero-order chi connectivity index (χ0) is 22.9. The van der Waals surface area contributed by atoms with Gasteiger partial charge in [-0.2, -0.15) is 0 Å². The highest BCUT2D eigenvalue weighted by atomic mass is 16.2. The minimum atomic E-state index is -0.600. The number of hydrogen-bond acceptors (Lipinski definition) is 2. The molecule has 1 atom stereocenters. The first kappa shape index (κ1) is 23.3. The maximum atomic E-state index is 13.6. The molecule has 0 saturated carbocycles. The smallest absolute Gasteiger partial charge is 0.243 e. The first-order chi connectivity index (χ1) is 15.4. The summed E-state index contributed by atoms with van der Waals surface area (Å²) in [6.45, 7) is 6.30. The van der Waals surface area contributed by atoms with Crippen LogP contribution in [-0.2, 0) is 29.0 Å². The van der Waals surface area contributed by atoms with Crippen LogP contribution >= 0.6 is 0 Å². The third-order valence-corrected chi connectivity index (χ3v) is 5.34. The molecular weight excluding hydrogens is 396 g/mol. The molecular formula is C28H32N2O2. The van der Waals surface area contributed by atoms with Crippen molar-refractivity contribution in [2.45, 2.75) is 52.2 Å². The Kier molecular flexibility index (Phi) is 8.20. The molecule has 0 unspecified atom stereocenters. The zero-order valence-electron chi connectivity index (χ0n) is 19.1. The molecule has 0 spiro atoms. The van der Waals surface area contributed by atoms with Crippen LogP contribution in [0, 0.1) is 6.92 Å². The van der Waals surface area contributed by atoms with Gasteiger partial charge in [-0.3, -0.25) is 9.59 Å². The molecule has 0 aliphatic rings. The number of rotatable bonds is 9. The van der Waals surface area contributed by atoms with Crippen molar-refractivity contribution in [1.82, 2.24) is 10.2 Å². The van der Waals surface area contributed by atoms with Gasteiger partial charge in [-0.1, -0.05) is 90.5 Å². The van der Waals surface area contributed by atoms with Crippen LogP contribution in [-0.4, -0.2) is 28.8 Å². The Labute approximate surface area is 191 Å². The molecule has 4 nitrogen and oxygen atoms in total. The molecule has 0 aromatic heterocycles.